The summed E-state index contributed by atoms with van der Waals surface area (Å²) in [6.07, 6.45) is 3.29. The fourth-order valence-electron chi connectivity index (χ4n) is 3.68. The van der Waals surface area contributed by atoms with Crippen molar-refractivity contribution < 1.29 is 18.8 Å². The average Bonchev–Trinajstić information content (AvgIpc) is 3.44. The van der Waals surface area contributed by atoms with E-state index in [1.54, 1.807) is 26.0 Å². The first-order valence-electron chi connectivity index (χ1n) is 10.1. The van der Waals surface area contributed by atoms with Crippen molar-refractivity contribution in [2.75, 3.05) is 19.6 Å². The molecule has 0 unspecified atom stereocenters. The molecule has 1 saturated heterocycles. The standard InChI is InChI=1S/C22H29FN2O3/c1-14(2)18(26)13-24-20(27)17-6-4-5-16(19(17)23)15-7-11-25(12-8-15)21(28)22(3)9-10-22/h4-6,14-15H,7-13H2,1-3H3,(H,24,27). The van der Waals surface area contributed by atoms with Gasteiger partial charge in [-0.3, -0.25) is 14.4 Å². The first kappa shape index (κ1) is 20.5. The van der Waals surface area contributed by atoms with Crippen LogP contribution in [0.1, 0.15) is 68.3 Å². The van der Waals surface area contributed by atoms with E-state index in [1.165, 1.54) is 6.07 Å². The Labute approximate surface area is 165 Å². The number of likely N-dealkylation sites (tertiary alicyclic amines) is 1. The Morgan fingerprint density at radius 1 is 1.21 bits per heavy atom. The third kappa shape index (κ3) is 4.26. The molecule has 2 aliphatic rings. The summed E-state index contributed by atoms with van der Waals surface area (Å²) in [4.78, 5) is 38.4. The van der Waals surface area contributed by atoms with Crippen LogP contribution in [-0.4, -0.2) is 42.1 Å². The fraction of sp³-hybridized carbons (Fsp3) is 0.591. The molecule has 0 atom stereocenters. The van der Waals surface area contributed by atoms with Crippen LogP contribution in [0.3, 0.4) is 0 Å². The molecule has 0 spiro atoms. The molecule has 152 valence electrons. The highest BCUT2D eigenvalue weighted by Crippen LogP contribution is 2.47. The summed E-state index contributed by atoms with van der Waals surface area (Å²) >= 11 is 0. The Bertz CT molecular complexity index is 778. The monoisotopic (exact) mass is 388 g/mol. The lowest BCUT2D eigenvalue weighted by molar-refractivity contribution is -0.137. The van der Waals surface area contributed by atoms with Crippen molar-refractivity contribution >= 4 is 17.6 Å². The van der Waals surface area contributed by atoms with E-state index in [2.05, 4.69) is 5.32 Å². The maximum atomic E-state index is 15.0. The van der Waals surface area contributed by atoms with Crippen LogP contribution in [0.15, 0.2) is 18.2 Å². The van der Waals surface area contributed by atoms with Gasteiger partial charge in [-0.2, -0.15) is 0 Å². The van der Waals surface area contributed by atoms with Gasteiger partial charge in [0.1, 0.15) is 5.82 Å². The highest BCUT2D eigenvalue weighted by atomic mass is 19.1. The molecule has 0 aromatic heterocycles. The molecule has 1 aliphatic heterocycles. The molecule has 2 fully saturated rings. The number of benzene rings is 1. The van der Waals surface area contributed by atoms with Gasteiger partial charge in [0.05, 0.1) is 12.1 Å². The van der Waals surface area contributed by atoms with E-state index < -0.39 is 11.7 Å². The summed E-state index contributed by atoms with van der Waals surface area (Å²) in [6.45, 7) is 6.68. The van der Waals surface area contributed by atoms with Gasteiger partial charge in [0.2, 0.25) is 5.91 Å². The highest BCUT2D eigenvalue weighted by Gasteiger charge is 2.47. The largest absolute Gasteiger partial charge is 0.345 e. The SMILES string of the molecule is CC(C)C(=O)CNC(=O)c1cccc(C2CCN(C(=O)C3(C)CC3)CC2)c1F. The first-order valence-corrected chi connectivity index (χ1v) is 10.1. The Kier molecular flexibility index (Phi) is 5.87. The second-order valence-corrected chi connectivity index (χ2v) is 8.64. The summed E-state index contributed by atoms with van der Waals surface area (Å²) < 4.78 is 15.0. The summed E-state index contributed by atoms with van der Waals surface area (Å²) in [5.74, 6) is -1.15. The zero-order valence-corrected chi connectivity index (χ0v) is 16.9. The number of carbonyl (C=O) groups excluding carboxylic acids is 3. The van der Waals surface area contributed by atoms with Crippen molar-refractivity contribution in [1.29, 1.82) is 0 Å². The van der Waals surface area contributed by atoms with E-state index in [-0.39, 0.29) is 41.0 Å². The highest BCUT2D eigenvalue weighted by molar-refractivity contribution is 5.97. The molecule has 1 aromatic carbocycles. The molecule has 1 heterocycles. The van der Waals surface area contributed by atoms with Crippen molar-refractivity contribution in [3.63, 3.8) is 0 Å². The van der Waals surface area contributed by atoms with E-state index in [0.29, 0.717) is 31.5 Å². The van der Waals surface area contributed by atoms with Gasteiger partial charge in [0, 0.05) is 24.4 Å². The molecule has 3 rings (SSSR count). The number of carbonyl (C=O) groups is 3. The average molecular weight is 388 g/mol. The van der Waals surface area contributed by atoms with Crippen molar-refractivity contribution in [3.8, 4) is 0 Å². The van der Waals surface area contributed by atoms with Gasteiger partial charge in [-0.15, -0.1) is 0 Å². The maximum absolute atomic E-state index is 15.0. The second-order valence-electron chi connectivity index (χ2n) is 8.64. The zero-order chi connectivity index (χ0) is 20.5. The lowest BCUT2D eigenvalue weighted by atomic mass is 9.87. The van der Waals surface area contributed by atoms with E-state index in [0.717, 1.165) is 12.8 Å². The van der Waals surface area contributed by atoms with Crippen LogP contribution >= 0.6 is 0 Å². The van der Waals surface area contributed by atoms with Crippen LogP contribution in [0.2, 0.25) is 0 Å². The number of nitrogens with one attached hydrogen (secondary N) is 1. The summed E-state index contributed by atoms with van der Waals surface area (Å²) in [5.41, 5.74) is 0.314. The molecule has 2 amide bonds. The number of Topliss-reactive ketones (excluding diaryl/α,β-unsaturated/α-hetero) is 1. The topological polar surface area (TPSA) is 66.5 Å². The fourth-order valence-corrected chi connectivity index (χ4v) is 3.68. The van der Waals surface area contributed by atoms with Crippen LogP contribution < -0.4 is 5.32 Å². The Morgan fingerprint density at radius 3 is 2.43 bits per heavy atom. The smallest absolute Gasteiger partial charge is 0.254 e. The van der Waals surface area contributed by atoms with Crippen LogP contribution in [0, 0.1) is 17.2 Å². The molecular formula is C22H29FN2O3. The zero-order valence-electron chi connectivity index (χ0n) is 16.9. The molecule has 1 saturated carbocycles. The van der Waals surface area contributed by atoms with Crippen molar-refractivity contribution in [1.82, 2.24) is 10.2 Å². The quantitative estimate of drug-likeness (QED) is 0.813. The molecule has 0 radical (unpaired) electrons. The normalized spacial score (nSPS) is 18.8. The van der Waals surface area contributed by atoms with Crippen LogP contribution in [0.25, 0.3) is 0 Å². The van der Waals surface area contributed by atoms with Crippen LogP contribution in [0.4, 0.5) is 4.39 Å². The minimum atomic E-state index is -0.567. The predicted molar refractivity (Wildman–Crippen MR) is 104 cm³/mol. The molecule has 28 heavy (non-hydrogen) atoms. The number of piperidine rings is 1. The lowest BCUT2D eigenvalue weighted by Crippen LogP contribution is -2.41. The third-order valence-electron chi connectivity index (χ3n) is 6.08. The lowest BCUT2D eigenvalue weighted by Gasteiger charge is -2.34. The molecule has 1 aliphatic carbocycles. The van der Waals surface area contributed by atoms with Crippen LogP contribution in [0.5, 0.6) is 0 Å². The Balaban J connectivity index is 1.64. The molecule has 0 bridgehead atoms. The van der Waals surface area contributed by atoms with Gasteiger partial charge in [-0.05, 0) is 43.2 Å². The third-order valence-corrected chi connectivity index (χ3v) is 6.08. The number of amides is 2. The van der Waals surface area contributed by atoms with Gasteiger partial charge in [0.25, 0.3) is 5.91 Å². The summed E-state index contributed by atoms with van der Waals surface area (Å²) in [7, 11) is 0. The number of hydrogen-bond acceptors (Lipinski definition) is 3. The van der Waals surface area contributed by atoms with Gasteiger partial charge >= 0.3 is 0 Å². The second kappa shape index (κ2) is 8.02. The number of rotatable bonds is 6. The predicted octanol–water partition coefficient (Wildman–Crippen LogP) is 3.29. The van der Waals surface area contributed by atoms with E-state index in [1.807, 2.05) is 11.8 Å². The number of ketones is 1. The van der Waals surface area contributed by atoms with Gasteiger partial charge in [0.15, 0.2) is 5.78 Å². The molecule has 1 aromatic rings. The van der Waals surface area contributed by atoms with Gasteiger partial charge < -0.3 is 10.2 Å². The van der Waals surface area contributed by atoms with E-state index in [9.17, 15) is 14.4 Å². The van der Waals surface area contributed by atoms with Gasteiger partial charge in [-0.1, -0.05) is 32.9 Å². The Hall–Kier alpha value is -2.24. The molecule has 1 N–H and O–H groups in total. The maximum Gasteiger partial charge on any atom is 0.254 e. The van der Waals surface area contributed by atoms with Crippen LogP contribution in [-0.2, 0) is 9.59 Å². The number of nitrogens with zero attached hydrogens (tertiary/aromatic N) is 1. The van der Waals surface area contributed by atoms with Crippen molar-refractivity contribution in [3.05, 3.63) is 35.1 Å². The first-order chi connectivity index (χ1) is 13.2. The van der Waals surface area contributed by atoms with Gasteiger partial charge in [-0.25, -0.2) is 4.39 Å². The van der Waals surface area contributed by atoms with Crippen molar-refractivity contribution in [2.45, 2.75) is 52.4 Å². The minimum Gasteiger partial charge on any atom is -0.345 e. The molecule has 5 nitrogen and oxygen atoms in total. The van der Waals surface area contributed by atoms with E-state index in [4.69, 9.17) is 0 Å². The number of hydrogen-bond donors (Lipinski definition) is 1. The molecule has 6 heteroatoms. The molecular weight excluding hydrogens is 359 g/mol. The summed E-state index contributed by atoms with van der Waals surface area (Å²) in [5, 5.41) is 2.52. The van der Waals surface area contributed by atoms with Crippen molar-refractivity contribution in [2.24, 2.45) is 11.3 Å². The minimum absolute atomic E-state index is 0.0129. The summed E-state index contributed by atoms with van der Waals surface area (Å²) in [6, 6.07) is 4.84. The number of halogens is 1. The Morgan fingerprint density at radius 2 is 1.86 bits per heavy atom. The van der Waals surface area contributed by atoms with E-state index >= 15 is 4.39 Å².